The van der Waals surface area contributed by atoms with Crippen LogP contribution in [0.3, 0.4) is 0 Å². The predicted molar refractivity (Wildman–Crippen MR) is 80.9 cm³/mol. The fourth-order valence-corrected chi connectivity index (χ4v) is 2.30. The van der Waals surface area contributed by atoms with Gasteiger partial charge in [-0.3, -0.25) is 9.59 Å². The number of para-hydroxylation sites is 1. The number of nitrogens with zero attached hydrogens (tertiary/aromatic N) is 1. The van der Waals surface area contributed by atoms with Crippen LogP contribution in [0, 0.1) is 0 Å². The molecule has 0 spiro atoms. The molecule has 21 heavy (non-hydrogen) atoms. The number of aromatic amines is 1. The number of fused-ring (bicyclic) bond motifs is 1. The van der Waals surface area contributed by atoms with Crippen molar-refractivity contribution in [3.05, 3.63) is 36.0 Å². The van der Waals surface area contributed by atoms with E-state index in [0.717, 1.165) is 16.5 Å². The number of benzene rings is 1. The summed E-state index contributed by atoms with van der Waals surface area (Å²) < 4.78 is 4.65. The molecule has 0 aliphatic heterocycles. The van der Waals surface area contributed by atoms with E-state index < -0.39 is 5.97 Å². The van der Waals surface area contributed by atoms with E-state index in [2.05, 4.69) is 9.72 Å². The first-order valence-electron chi connectivity index (χ1n) is 6.94. The van der Waals surface area contributed by atoms with Gasteiger partial charge in [0.1, 0.15) is 6.54 Å². The number of carbonyl (C=O) groups excluding carboxylic acids is 2. The summed E-state index contributed by atoms with van der Waals surface area (Å²) in [5.74, 6) is -0.490. The van der Waals surface area contributed by atoms with Gasteiger partial charge in [-0.25, -0.2) is 0 Å². The number of rotatable bonds is 5. The zero-order valence-electron chi connectivity index (χ0n) is 12.6. The largest absolute Gasteiger partial charge is 0.468 e. The molecule has 0 saturated heterocycles. The molecule has 5 heteroatoms. The number of ether oxygens (including phenoxy) is 1. The van der Waals surface area contributed by atoms with Gasteiger partial charge >= 0.3 is 5.97 Å². The van der Waals surface area contributed by atoms with Crippen molar-refractivity contribution in [3.8, 4) is 0 Å². The Bertz CT molecular complexity index is 646. The summed E-state index contributed by atoms with van der Waals surface area (Å²) in [6.45, 7) is 3.75. The molecule has 0 bridgehead atoms. The highest BCUT2D eigenvalue weighted by Gasteiger charge is 2.21. The molecule has 112 valence electrons. The van der Waals surface area contributed by atoms with Crippen molar-refractivity contribution >= 4 is 22.8 Å². The molecule has 0 fully saturated rings. The van der Waals surface area contributed by atoms with Gasteiger partial charge in [0.25, 0.3) is 0 Å². The molecule has 1 aromatic carbocycles. The van der Waals surface area contributed by atoms with E-state index in [1.165, 1.54) is 12.0 Å². The van der Waals surface area contributed by atoms with Gasteiger partial charge in [0.05, 0.1) is 13.5 Å². The fraction of sp³-hybridized carbons (Fsp3) is 0.375. The lowest BCUT2D eigenvalue weighted by Gasteiger charge is -2.25. The van der Waals surface area contributed by atoms with Crippen LogP contribution < -0.4 is 0 Å². The van der Waals surface area contributed by atoms with E-state index in [-0.39, 0.29) is 24.9 Å². The Morgan fingerprint density at radius 1 is 1.29 bits per heavy atom. The van der Waals surface area contributed by atoms with Crippen LogP contribution >= 0.6 is 0 Å². The van der Waals surface area contributed by atoms with Crippen molar-refractivity contribution in [1.29, 1.82) is 0 Å². The summed E-state index contributed by atoms with van der Waals surface area (Å²) in [5, 5.41) is 1.03. The van der Waals surface area contributed by atoms with Crippen molar-refractivity contribution in [3.63, 3.8) is 0 Å². The summed E-state index contributed by atoms with van der Waals surface area (Å²) in [7, 11) is 1.32. The van der Waals surface area contributed by atoms with E-state index in [0.29, 0.717) is 0 Å². The number of H-pyrrole nitrogens is 1. The second-order valence-electron chi connectivity index (χ2n) is 5.23. The smallest absolute Gasteiger partial charge is 0.325 e. The van der Waals surface area contributed by atoms with Gasteiger partial charge in [-0.1, -0.05) is 18.2 Å². The molecule has 2 aromatic rings. The van der Waals surface area contributed by atoms with Crippen LogP contribution in [-0.4, -0.2) is 41.5 Å². The maximum Gasteiger partial charge on any atom is 0.325 e. The second kappa shape index (κ2) is 6.43. The Kier molecular flexibility index (Phi) is 4.62. The first-order valence-corrected chi connectivity index (χ1v) is 6.94. The SMILES string of the molecule is COC(=O)CN(C(=O)Cc1c[nH]c2ccccc12)C(C)C. The molecule has 1 heterocycles. The molecule has 5 nitrogen and oxygen atoms in total. The van der Waals surface area contributed by atoms with Gasteiger partial charge in [-0.15, -0.1) is 0 Å². The predicted octanol–water partition coefficient (Wildman–Crippen LogP) is 2.12. The van der Waals surface area contributed by atoms with Crippen molar-refractivity contribution in [2.45, 2.75) is 26.3 Å². The van der Waals surface area contributed by atoms with Gasteiger partial charge in [-0.05, 0) is 25.5 Å². The van der Waals surface area contributed by atoms with Crippen LogP contribution in [-0.2, 0) is 20.7 Å². The summed E-state index contributed by atoms with van der Waals surface area (Å²) in [6, 6.07) is 7.79. The molecular formula is C16H20N2O3. The minimum atomic E-state index is -0.407. The van der Waals surface area contributed by atoms with Crippen LogP contribution in [0.5, 0.6) is 0 Å². The van der Waals surface area contributed by atoms with E-state index in [1.54, 1.807) is 0 Å². The maximum atomic E-state index is 12.5. The molecule has 1 aromatic heterocycles. The minimum Gasteiger partial charge on any atom is -0.468 e. The van der Waals surface area contributed by atoms with Gasteiger partial charge < -0.3 is 14.6 Å². The average Bonchev–Trinajstić information content (AvgIpc) is 2.87. The second-order valence-corrected chi connectivity index (χ2v) is 5.23. The first-order chi connectivity index (χ1) is 10.0. The zero-order chi connectivity index (χ0) is 15.4. The number of carbonyl (C=O) groups is 2. The number of methoxy groups -OCH3 is 1. The Morgan fingerprint density at radius 2 is 2.00 bits per heavy atom. The van der Waals surface area contributed by atoms with Gasteiger partial charge in [0.15, 0.2) is 0 Å². The summed E-state index contributed by atoms with van der Waals surface area (Å²) in [6.07, 6.45) is 2.11. The van der Waals surface area contributed by atoms with E-state index in [1.807, 2.05) is 44.3 Å². The quantitative estimate of drug-likeness (QED) is 0.857. The summed E-state index contributed by atoms with van der Waals surface area (Å²) >= 11 is 0. The normalized spacial score (nSPS) is 10.9. The molecule has 0 aliphatic carbocycles. The number of hydrogen-bond donors (Lipinski definition) is 1. The third-order valence-corrected chi connectivity index (χ3v) is 3.49. The highest BCUT2D eigenvalue weighted by Crippen LogP contribution is 2.19. The van der Waals surface area contributed by atoms with Crippen LogP contribution in [0.25, 0.3) is 10.9 Å². The number of esters is 1. The molecular weight excluding hydrogens is 268 g/mol. The summed E-state index contributed by atoms with van der Waals surface area (Å²) in [4.78, 5) is 28.6. The van der Waals surface area contributed by atoms with Gasteiger partial charge in [0.2, 0.25) is 5.91 Å². The Morgan fingerprint density at radius 3 is 2.67 bits per heavy atom. The molecule has 0 saturated carbocycles. The summed E-state index contributed by atoms with van der Waals surface area (Å²) in [5.41, 5.74) is 1.94. The standard InChI is InChI=1S/C16H20N2O3/c1-11(2)18(10-16(20)21-3)15(19)8-12-9-17-14-7-5-4-6-13(12)14/h4-7,9,11,17H,8,10H2,1-3H3. The molecule has 0 radical (unpaired) electrons. The number of hydrogen-bond acceptors (Lipinski definition) is 3. The zero-order valence-corrected chi connectivity index (χ0v) is 12.6. The maximum absolute atomic E-state index is 12.5. The number of nitrogens with one attached hydrogen (secondary N) is 1. The Hall–Kier alpha value is -2.30. The Balaban J connectivity index is 2.16. The lowest BCUT2D eigenvalue weighted by atomic mass is 10.1. The third kappa shape index (κ3) is 3.42. The topological polar surface area (TPSA) is 62.4 Å². The minimum absolute atomic E-state index is 0.0185. The number of aromatic nitrogens is 1. The van der Waals surface area contributed by atoms with Crippen molar-refractivity contribution in [2.24, 2.45) is 0 Å². The molecule has 0 unspecified atom stereocenters. The van der Waals surface area contributed by atoms with Gasteiger partial charge in [-0.2, -0.15) is 0 Å². The third-order valence-electron chi connectivity index (χ3n) is 3.49. The van der Waals surface area contributed by atoms with Crippen LogP contribution in [0.4, 0.5) is 0 Å². The van der Waals surface area contributed by atoms with E-state index >= 15 is 0 Å². The van der Waals surface area contributed by atoms with E-state index in [9.17, 15) is 9.59 Å². The monoisotopic (exact) mass is 288 g/mol. The highest BCUT2D eigenvalue weighted by atomic mass is 16.5. The molecule has 0 aliphatic rings. The fourth-order valence-electron chi connectivity index (χ4n) is 2.30. The highest BCUT2D eigenvalue weighted by molar-refractivity contribution is 5.90. The molecule has 1 amide bonds. The lowest BCUT2D eigenvalue weighted by Crippen LogP contribution is -2.41. The molecule has 2 rings (SSSR count). The van der Waals surface area contributed by atoms with Crippen LogP contribution in [0.2, 0.25) is 0 Å². The van der Waals surface area contributed by atoms with Crippen molar-refractivity contribution in [2.75, 3.05) is 13.7 Å². The average molecular weight is 288 g/mol. The van der Waals surface area contributed by atoms with Crippen molar-refractivity contribution < 1.29 is 14.3 Å². The van der Waals surface area contributed by atoms with Crippen LogP contribution in [0.15, 0.2) is 30.5 Å². The number of amides is 1. The van der Waals surface area contributed by atoms with Crippen molar-refractivity contribution in [1.82, 2.24) is 9.88 Å². The first kappa shape index (κ1) is 15.1. The van der Waals surface area contributed by atoms with E-state index in [4.69, 9.17) is 0 Å². The lowest BCUT2D eigenvalue weighted by molar-refractivity contribution is -0.147. The molecule has 1 N–H and O–H groups in total. The Labute approximate surface area is 123 Å². The molecule has 0 atom stereocenters. The van der Waals surface area contributed by atoms with Gasteiger partial charge in [0, 0.05) is 23.1 Å². The van der Waals surface area contributed by atoms with Crippen LogP contribution in [0.1, 0.15) is 19.4 Å².